The van der Waals surface area contributed by atoms with Gasteiger partial charge < -0.3 is 5.73 Å². The van der Waals surface area contributed by atoms with E-state index in [0.29, 0.717) is 24.0 Å². The molecule has 0 aromatic heterocycles. The van der Waals surface area contributed by atoms with Crippen LogP contribution in [0.2, 0.25) is 5.02 Å². The van der Waals surface area contributed by atoms with Gasteiger partial charge in [-0.2, -0.15) is 4.31 Å². The van der Waals surface area contributed by atoms with Crippen molar-refractivity contribution < 1.29 is 8.42 Å². The Kier molecular flexibility index (Phi) is 5.46. The van der Waals surface area contributed by atoms with Crippen LogP contribution in [0.15, 0.2) is 27.6 Å². The normalized spacial score (nSPS) is 20.7. The lowest BCUT2D eigenvalue weighted by molar-refractivity contribution is 0.472. The Morgan fingerprint density at radius 3 is 2.67 bits per heavy atom. The second-order valence-electron chi connectivity index (χ2n) is 3.96. The van der Waals surface area contributed by atoms with Gasteiger partial charge >= 0.3 is 0 Å². The van der Waals surface area contributed by atoms with Crippen molar-refractivity contribution in [3.63, 3.8) is 0 Å². The van der Waals surface area contributed by atoms with Crippen LogP contribution in [0.4, 0.5) is 0 Å². The predicted octanol–water partition coefficient (Wildman–Crippen LogP) is 2.25. The van der Waals surface area contributed by atoms with Gasteiger partial charge in [-0.15, -0.1) is 12.4 Å². The topological polar surface area (TPSA) is 63.4 Å². The highest BCUT2D eigenvalue weighted by Crippen LogP contribution is 2.32. The summed E-state index contributed by atoms with van der Waals surface area (Å²) in [5.41, 5.74) is 5.72. The smallest absolute Gasteiger partial charge is 0.244 e. The summed E-state index contributed by atoms with van der Waals surface area (Å²) in [5.74, 6) is 0. The highest BCUT2D eigenvalue weighted by molar-refractivity contribution is 9.10. The van der Waals surface area contributed by atoms with Crippen molar-refractivity contribution >= 4 is 50.0 Å². The van der Waals surface area contributed by atoms with Gasteiger partial charge in [0.2, 0.25) is 10.0 Å². The van der Waals surface area contributed by atoms with Crippen LogP contribution in [0, 0.1) is 0 Å². The maximum absolute atomic E-state index is 12.3. The Labute approximate surface area is 126 Å². The van der Waals surface area contributed by atoms with Crippen LogP contribution < -0.4 is 5.73 Å². The Bertz CT molecular complexity index is 539. The summed E-state index contributed by atoms with van der Waals surface area (Å²) < 4.78 is 26.6. The number of benzene rings is 1. The Morgan fingerprint density at radius 1 is 1.44 bits per heavy atom. The summed E-state index contributed by atoms with van der Waals surface area (Å²) in [6, 6.07) is 4.78. The standard InChI is InChI=1S/C10H12BrClN2O2S.ClH/c11-8-2-1-3-9(10(8)12)17(15,16)14-5-4-7(13)6-14;/h1-3,7H,4-6,13H2;1H/t7-;/m0./s1. The van der Waals surface area contributed by atoms with Crippen molar-refractivity contribution in [2.45, 2.75) is 17.4 Å². The highest BCUT2D eigenvalue weighted by atomic mass is 79.9. The second kappa shape index (κ2) is 6.07. The summed E-state index contributed by atoms with van der Waals surface area (Å²) in [5, 5.41) is 0.216. The SMILES string of the molecule is Cl.N[C@H]1CCN(S(=O)(=O)c2cccc(Br)c2Cl)C1. The van der Waals surface area contributed by atoms with E-state index < -0.39 is 10.0 Å². The van der Waals surface area contributed by atoms with Gasteiger partial charge in [0.25, 0.3) is 0 Å². The van der Waals surface area contributed by atoms with Crippen molar-refractivity contribution in [3.8, 4) is 0 Å². The third-order valence-electron chi connectivity index (χ3n) is 2.72. The van der Waals surface area contributed by atoms with Crippen LogP contribution in [0.1, 0.15) is 6.42 Å². The van der Waals surface area contributed by atoms with E-state index >= 15 is 0 Å². The number of nitrogens with zero attached hydrogens (tertiary/aromatic N) is 1. The van der Waals surface area contributed by atoms with E-state index in [9.17, 15) is 8.42 Å². The molecule has 0 spiro atoms. The lowest BCUT2D eigenvalue weighted by Crippen LogP contribution is -2.32. The third-order valence-corrected chi connectivity index (χ3v) is 6.04. The van der Waals surface area contributed by atoms with Crippen molar-refractivity contribution in [3.05, 3.63) is 27.7 Å². The van der Waals surface area contributed by atoms with E-state index in [1.807, 2.05) is 0 Å². The van der Waals surface area contributed by atoms with Crippen LogP contribution in [0.3, 0.4) is 0 Å². The Hall–Kier alpha value is 0.150. The van der Waals surface area contributed by atoms with E-state index in [1.165, 1.54) is 10.4 Å². The first kappa shape index (κ1) is 16.2. The van der Waals surface area contributed by atoms with Crippen LogP contribution in [0.25, 0.3) is 0 Å². The molecule has 1 aliphatic rings. The van der Waals surface area contributed by atoms with Crippen LogP contribution in [0.5, 0.6) is 0 Å². The molecule has 4 nitrogen and oxygen atoms in total. The quantitative estimate of drug-likeness (QED) is 0.862. The highest BCUT2D eigenvalue weighted by Gasteiger charge is 2.32. The molecule has 1 fully saturated rings. The first-order valence-corrected chi connectivity index (χ1v) is 7.74. The molecule has 1 saturated heterocycles. The van der Waals surface area contributed by atoms with Gasteiger partial charge in [-0.25, -0.2) is 8.42 Å². The lowest BCUT2D eigenvalue weighted by atomic mass is 10.3. The molecule has 1 aromatic carbocycles. The van der Waals surface area contributed by atoms with Gasteiger partial charge in [0.15, 0.2) is 0 Å². The number of nitrogens with two attached hydrogens (primary N) is 1. The van der Waals surface area contributed by atoms with Gasteiger partial charge in [-0.05, 0) is 34.5 Å². The molecule has 0 amide bonds. The third kappa shape index (κ3) is 3.00. The summed E-state index contributed by atoms with van der Waals surface area (Å²) in [6.07, 6.45) is 0.685. The molecule has 0 aliphatic carbocycles. The zero-order chi connectivity index (χ0) is 12.6. The molecule has 1 heterocycles. The molecule has 18 heavy (non-hydrogen) atoms. The van der Waals surface area contributed by atoms with Crippen LogP contribution in [-0.4, -0.2) is 31.9 Å². The molecule has 1 aromatic rings. The van der Waals surface area contributed by atoms with E-state index in [0.717, 1.165) is 0 Å². The van der Waals surface area contributed by atoms with Crippen molar-refractivity contribution in [2.75, 3.05) is 13.1 Å². The fourth-order valence-electron chi connectivity index (χ4n) is 1.79. The average Bonchev–Trinajstić information content (AvgIpc) is 2.69. The zero-order valence-corrected chi connectivity index (χ0v) is 13.3. The van der Waals surface area contributed by atoms with E-state index in [1.54, 1.807) is 12.1 Å². The molecular formula is C10H13BrCl2N2O2S. The molecule has 102 valence electrons. The molecule has 2 rings (SSSR count). The molecule has 0 bridgehead atoms. The lowest BCUT2D eigenvalue weighted by Gasteiger charge is -2.17. The number of sulfonamides is 1. The average molecular weight is 376 g/mol. The maximum atomic E-state index is 12.3. The predicted molar refractivity (Wildman–Crippen MR) is 77.8 cm³/mol. The van der Waals surface area contributed by atoms with Gasteiger partial charge in [0, 0.05) is 23.6 Å². The largest absolute Gasteiger partial charge is 0.326 e. The number of hydrogen-bond donors (Lipinski definition) is 1. The number of rotatable bonds is 2. The van der Waals surface area contributed by atoms with Crippen molar-refractivity contribution in [1.29, 1.82) is 0 Å². The van der Waals surface area contributed by atoms with Gasteiger partial charge in [0.1, 0.15) is 4.90 Å². The van der Waals surface area contributed by atoms with Crippen molar-refractivity contribution in [1.82, 2.24) is 4.31 Å². The summed E-state index contributed by atoms with van der Waals surface area (Å²) in [6.45, 7) is 0.803. The molecule has 0 unspecified atom stereocenters. The minimum atomic E-state index is -3.53. The van der Waals surface area contributed by atoms with Gasteiger partial charge in [0.05, 0.1) is 5.02 Å². The number of halogens is 3. The van der Waals surface area contributed by atoms with Crippen LogP contribution in [-0.2, 0) is 10.0 Å². The molecule has 8 heteroatoms. The van der Waals surface area contributed by atoms with E-state index in [-0.39, 0.29) is 28.4 Å². The first-order chi connectivity index (χ1) is 7.93. The zero-order valence-electron chi connectivity index (χ0n) is 9.34. The maximum Gasteiger partial charge on any atom is 0.244 e. The monoisotopic (exact) mass is 374 g/mol. The van der Waals surface area contributed by atoms with Gasteiger partial charge in [-0.3, -0.25) is 0 Å². The fourth-order valence-corrected chi connectivity index (χ4v) is 4.31. The van der Waals surface area contributed by atoms with E-state index in [4.69, 9.17) is 17.3 Å². The molecular weight excluding hydrogens is 363 g/mol. The summed E-state index contributed by atoms with van der Waals surface area (Å²) in [7, 11) is -3.53. The minimum absolute atomic E-state index is 0. The summed E-state index contributed by atoms with van der Waals surface area (Å²) in [4.78, 5) is 0.127. The second-order valence-corrected chi connectivity index (χ2v) is 7.10. The Balaban J connectivity index is 0.00000162. The van der Waals surface area contributed by atoms with E-state index in [2.05, 4.69) is 15.9 Å². The molecule has 1 atom stereocenters. The Morgan fingerprint density at radius 2 is 2.11 bits per heavy atom. The van der Waals surface area contributed by atoms with Crippen molar-refractivity contribution in [2.24, 2.45) is 5.73 Å². The van der Waals surface area contributed by atoms with Crippen LogP contribution >= 0.6 is 39.9 Å². The van der Waals surface area contributed by atoms with Gasteiger partial charge in [-0.1, -0.05) is 17.7 Å². The summed E-state index contributed by atoms with van der Waals surface area (Å²) >= 11 is 9.23. The molecule has 0 saturated carbocycles. The molecule has 1 aliphatic heterocycles. The first-order valence-electron chi connectivity index (χ1n) is 5.12. The fraction of sp³-hybridized carbons (Fsp3) is 0.400. The minimum Gasteiger partial charge on any atom is -0.326 e. The molecule has 0 radical (unpaired) electrons. The number of hydrogen-bond acceptors (Lipinski definition) is 3. The molecule has 2 N–H and O–H groups in total.